The highest BCUT2D eigenvalue weighted by molar-refractivity contribution is 5.92. The third-order valence-electron chi connectivity index (χ3n) is 4.77. The zero-order valence-corrected chi connectivity index (χ0v) is 14.9. The van der Waals surface area contributed by atoms with Crippen LogP contribution in [-0.2, 0) is 11.2 Å². The van der Waals surface area contributed by atoms with Crippen molar-refractivity contribution < 1.29 is 14.0 Å². The molecule has 4 rings (SSSR count). The summed E-state index contributed by atoms with van der Waals surface area (Å²) in [6.07, 6.45) is 4.08. The number of hydrogen-bond donors (Lipinski definition) is 0. The average Bonchev–Trinajstić information content (AvgIpc) is 3.02. The lowest BCUT2D eigenvalue weighted by atomic mass is 10.1. The van der Waals surface area contributed by atoms with E-state index in [2.05, 4.69) is 9.97 Å². The Labute approximate surface area is 156 Å². The maximum Gasteiger partial charge on any atom is 0.272 e. The van der Waals surface area contributed by atoms with Gasteiger partial charge < -0.3 is 14.2 Å². The second kappa shape index (κ2) is 7.57. The van der Waals surface area contributed by atoms with Gasteiger partial charge in [-0.3, -0.25) is 14.6 Å². The maximum absolute atomic E-state index is 12.7. The topological polar surface area (TPSA) is 79.5 Å². The van der Waals surface area contributed by atoms with Crippen LogP contribution in [0.4, 0.5) is 0 Å². The van der Waals surface area contributed by atoms with Gasteiger partial charge in [0.15, 0.2) is 12.0 Å². The monoisotopic (exact) mass is 364 g/mol. The molecule has 0 aliphatic carbocycles. The smallest absolute Gasteiger partial charge is 0.272 e. The number of carbonyl (C=O) groups is 2. The van der Waals surface area contributed by atoms with E-state index in [1.54, 1.807) is 29.3 Å². The van der Waals surface area contributed by atoms with Crippen molar-refractivity contribution in [1.82, 2.24) is 19.8 Å². The molecule has 3 heterocycles. The Kier molecular flexibility index (Phi) is 4.82. The Morgan fingerprint density at radius 3 is 2.70 bits per heavy atom. The molecule has 0 bridgehead atoms. The highest BCUT2D eigenvalue weighted by Crippen LogP contribution is 2.16. The summed E-state index contributed by atoms with van der Waals surface area (Å²) in [6.45, 7) is 2.32. The second-order valence-electron chi connectivity index (χ2n) is 6.57. The molecule has 1 aliphatic rings. The zero-order valence-electron chi connectivity index (χ0n) is 14.9. The van der Waals surface area contributed by atoms with Gasteiger partial charge in [-0.05, 0) is 36.2 Å². The number of nitrogens with zero attached hydrogens (tertiary/aromatic N) is 4. The van der Waals surface area contributed by atoms with Crippen LogP contribution in [0, 0.1) is 0 Å². The van der Waals surface area contributed by atoms with Crippen LogP contribution in [0.2, 0.25) is 0 Å². The van der Waals surface area contributed by atoms with Crippen LogP contribution in [-0.4, -0.2) is 57.8 Å². The highest BCUT2D eigenvalue weighted by atomic mass is 16.3. The number of oxazole rings is 1. The molecule has 1 fully saturated rings. The molecule has 0 radical (unpaired) electrons. The fourth-order valence-electron chi connectivity index (χ4n) is 3.32. The summed E-state index contributed by atoms with van der Waals surface area (Å²) in [5.74, 6) is -0.0262. The first-order chi connectivity index (χ1) is 13.2. The summed E-state index contributed by atoms with van der Waals surface area (Å²) in [4.78, 5) is 37.1. The maximum atomic E-state index is 12.7. The minimum Gasteiger partial charge on any atom is -0.443 e. The number of pyridine rings is 1. The van der Waals surface area contributed by atoms with E-state index in [0.717, 1.165) is 17.5 Å². The van der Waals surface area contributed by atoms with Crippen LogP contribution in [0.3, 0.4) is 0 Å². The van der Waals surface area contributed by atoms with E-state index in [1.165, 1.54) is 6.39 Å². The van der Waals surface area contributed by atoms with E-state index < -0.39 is 0 Å². The minimum atomic E-state index is -0.0827. The van der Waals surface area contributed by atoms with Crippen LogP contribution in [0.1, 0.15) is 22.5 Å². The molecule has 1 saturated heterocycles. The molecule has 2 aromatic heterocycles. The van der Waals surface area contributed by atoms with Gasteiger partial charge in [0.1, 0.15) is 11.2 Å². The van der Waals surface area contributed by atoms with Gasteiger partial charge in [-0.1, -0.05) is 12.1 Å². The molecule has 0 N–H and O–H groups in total. The molecule has 1 aromatic carbocycles. The minimum absolute atomic E-state index is 0.0565. The lowest BCUT2D eigenvalue weighted by Crippen LogP contribution is -2.38. The lowest BCUT2D eigenvalue weighted by Gasteiger charge is -2.22. The summed E-state index contributed by atoms with van der Waals surface area (Å²) in [7, 11) is 0. The third-order valence-corrected chi connectivity index (χ3v) is 4.77. The van der Waals surface area contributed by atoms with Crippen molar-refractivity contribution in [2.24, 2.45) is 0 Å². The molecule has 138 valence electrons. The number of fused-ring (bicyclic) bond motifs is 1. The first-order valence-electron chi connectivity index (χ1n) is 9.01. The summed E-state index contributed by atoms with van der Waals surface area (Å²) >= 11 is 0. The Morgan fingerprint density at radius 1 is 1.00 bits per heavy atom. The Balaban J connectivity index is 1.38. The molecular formula is C20H20N4O3. The largest absolute Gasteiger partial charge is 0.443 e. The number of hydrogen-bond acceptors (Lipinski definition) is 5. The van der Waals surface area contributed by atoms with Crippen LogP contribution in [0.25, 0.3) is 11.1 Å². The van der Waals surface area contributed by atoms with Crippen molar-refractivity contribution in [1.29, 1.82) is 0 Å². The molecule has 0 spiro atoms. The van der Waals surface area contributed by atoms with Crippen molar-refractivity contribution in [2.45, 2.75) is 12.8 Å². The van der Waals surface area contributed by atoms with E-state index in [-0.39, 0.29) is 11.8 Å². The van der Waals surface area contributed by atoms with E-state index in [4.69, 9.17) is 4.42 Å². The van der Waals surface area contributed by atoms with Gasteiger partial charge in [0.25, 0.3) is 5.91 Å². The molecular weight excluding hydrogens is 344 g/mol. The standard InChI is InChI=1S/C20H20N4O3/c25-19(13-15-5-6-16-18(12-15)27-14-22-16)23-8-3-9-24(11-10-23)20(26)17-4-1-2-7-21-17/h1-2,4-7,12,14H,3,8-11,13H2. The average molecular weight is 364 g/mol. The lowest BCUT2D eigenvalue weighted by molar-refractivity contribution is -0.130. The second-order valence-corrected chi connectivity index (χ2v) is 6.57. The normalized spacial score (nSPS) is 15.0. The summed E-state index contributed by atoms with van der Waals surface area (Å²) in [6, 6.07) is 10.9. The van der Waals surface area contributed by atoms with E-state index >= 15 is 0 Å². The van der Waals surface area contributed by atoms with Gasteiger partial charge in [-0.2, -0.15) is 0 Å². The Bertz CT molecular complexity index is 954. The Morgan fingerprint density at radius 2 is 1.85 bits per heavy atom. The van der Waals surface area contributed by atoms with Crippen LogP contribution < -0.4 is 0 Å². The summed E-state index contributed by atoms with van der Waals surface area (Å²) in [5, 5.41) is 0. The van der Waals surface area contributed by atoms with E-state index in [1.807, 2.05) is 23.1 Å². The number of rotatable bonds is 3. The number of amides is 2. The molecule has 27 heavy (non-hydrogen) atoms. The van der Waals surface area contributed by atoms with E-state index in [0.29, 0.717) is 43.9 Å². The summed E-state index contributed by atoms with van der Waals surface area (Å²) < 4.78 is 5.30. The fraction of sp³-hybridized carbons (Fsp3) is 0.300. The molecule has 2 amide bonds. The van der Waals surface area contributed by atoms with Crippen molar-refractivity contribution >= 4 is 22.9 Å². The quantitative estimate of drug-likeness (QED) is 0.711. The van der Waals surface area contributed by atoms with Gasteiger partial charge in [-0.25, -0.2) is 4.98 Å². The van der Waals surface area contributed by atoms with Crippen molar-refractivity contribution in [3.05, 3.63) is 60.2 Å². The molecule has 0 atom stereocenters. The predicted molar refractivity (Wildman–Crippen MR) is 99.1 cm³/mol. The third kappa shape index (κ3) is 3.81. The van der Waals surface area contributed by atoms with Crippen molar-refractivity contribution in [3.63, 3.8) is 0 Å². The molecule has 0 saturated carbocycles. The van der Waals surface area contributed by atoms with Gasteiger partial charge >= 0.3 is 0 Å². The molecule has 3 aromatic rings. The predicted octanol–water partition coefficient (Wildman–Crippen LogP) is 2.14. The van der Waals surface area contributed by atoms with Gasteiger partial charge in [0, 0.05) is 32.4 Å². The van der Waals surface area contributed by atoms with Gasteiger partial charge in [-0.15, -0.1) is 0 Å². The molecule has 7 heteroatoms. The fourth-order valence-corrected chi connectivity index (χ4v) is 3.32. The van der Waals surface area contributed by atoms with Gasteiger partial charge in [0.2, 0.25) is 5.91 Å². The SMILES string of the molecule is O=C(Cc1ccc2ncoc2c1)N1CCCN(C(=O)c2ccccn2)CC1. The van der Waals surface area contributed by atoms with Crippen molar-refractivity contribution in [3.8, 4) is 0 Å². The van der Waals surface area contributed by atoms with E-state index in [9.17, 15) is 9.59 Å². The van der Waals surface area contributed by atoms with Gasteiger partial charge in [0.05, 0.1) is 6.42 Å². The first kappa shape index (κ1) is 17.2. The van der Waals surface area contributed by atoms with Crippen LogP contribution in [0.5, 0.6) is 0 Å². The number of aromatic nitrogens is 2. The number of benzene rings is 1. The first-order valence-corrected chi connectivity index (χ1v) is 9.01. The molecule has 1 aliphatic heterocycles. The molecule has 0 unspecified atom stereocenters. The Hall–Kier alpha value is -3.22. The highest BCUT2D eigenvalue weighted by Gasteiger charge is 2.23. The zero-order chi connectivity index (χ0) is 18.6. The van der Waals surface area contributed by atoms with Crippen LogP contribution in [0.15, 0.2) is 53.4 Å². The summed E-state index contributed by atoms with van der Waals surface area (Å²) in [5.41, 5.74) is 2.81. The van der Waals surface area contributed by atoms with Crippen LogP contribution >= 0.6 is 0 Å². The van der Waals surface area contributed by atoms with Crippen molar-refractivity contribution in [2.75, 3.05) is 26.2 Å². The molecule has 7 nitrogen and oxygen atoms in total. The number of carbonyl (C=O) groups excluding carboxylic acids is 2.